The molecule has 2 aromatic rings. The van der Waals surface area contributed by atoms with E-state index in [2.05, 4.69) is 99.9 Å². The van der Waals surface area contributed by atoms with Crippen molar-refractivity contribution in [1.29, 1.82) is 0 Å². The summed E-state index contributed by atoms with van der Waals surface area (Å²) in [5, 5.41) is 3.16. The Balaban J connectivity index is 2.02. The van der Waals surface area contributed by atoms with E-state index in [-0.39, 0.29) is 0 Å². The first-order valence-corrected chi connectivity index (χ1v) is 11.8. The van der Waals surface area contributed by atoms with E-state index in [0.29, 0.717) is 0 Å². The van der Waals surface area contributed by atoms with E-state index in [4.69, 9.17) is 4.99 Å². The molecule has 0 radical (unpaired) electrons. The summed E-state index contributed by atoms with van der Waals surface area (Å²) in [4.78, 5) is 6.09. The summed E-state index contributed by atoms with van der Waals surface area (Å²) in [6.45, 7) is 8.63. The van der Waals surface area contributed by atoms with Crippen LogP contribution in [0, 0.1) is 6.92 Å². The van der Waals surface area contributed by atoms with Crippen molar-refractivity contribution in [2.24, 2.45) is 4.99 Å². The van der Waals surface area contributed by atoms with Crippen LogP contribution >= 0.6 is 23.5 Å². The molecule has 1 nitrogen and oxygen atoms in total. The van der Waals surface area contributed by atoms with Crippen molar-refractivity contribution in [3.8, 4) is 0 Å². The van der Waals surface area contributed by atoms with Gasteiger partial charge in [0.1, 0.15) is 0 Å². The van der Waals surface area contributed by atoms with Gasteiger partial charge in [-0.1, -0.05) is 71.0 Å². The summed E-state index contributed by atoms with van der Waals surface area (Å²) < 4.78 is 0. The lowest BCUT2D eigenvalue weighted by atomic mass is 10.1. The molecule has 0 aliphatic heterocycles. The van der Waals surface area contributed by atoms with Crippen LogP contribution in [0.4, 0.5) is 5.69 Å². The SMILES string of the molecule is CC(C)=CCC/C(C)=C/CSC(C=CSc1ccccc1)=Nc1ccc(C)cc1. The van der Waals surface area contributed by atoms with E-state index in [0.717, 1.165) is 29.3 Å². The molecular formula is C26H31NS2. The number of benzene rings is 2. The van der Waals surface area contributed by atoms with Crippen molar-refractivity contribution in [2.75, 3.05) is 5.75 Å². The number of rotatable bonds is 9. The zero-order valence-corrected chi connectivity index (χ0v) is 19.5. The molecular weight excluding hydrogens is 390 g/mol. The topological polar surface area (TPSA) is 12.4 Å². The van der Waals surface area contributed by atoms with Crippen molar-refractivity contribution >= 4 is 34.3 Å². The van der Waals surface area contributed by atoms with Crippen LogP contribution in [0.5, 0.6) is 0 Å². The Morgan fingerprint density at radius 3 is 2.34 bits per heavy atom. The van der Waals surface area contributed by atoms with Crippen molar-refractivity contribution in [2.45, 2.75) is 45.4 Å². The standard InChI is InChI=1S/C26H31NS2/c1-21(2)9-8-10-22(3)17-19-29-26(27-24-15-13-23(4)14-16-24)18-20-28-25-11-6-5-7-12-25/h5-7,9,11-18,20H,8,10,19H2,1-4H3/b20-18?,22-17+,27-26?. The Kier molecular flexibility index (Phi) is 10.7. The van der Waals surface area contributed by atoms with E-state index in [9.17, 15) is 0 Å². The van der Waals surface area contributed by atoms with Gasteiger partial charge in [0.15, 0.2) is 0 Å². The molecule has 0 atom stereocenters. The fraction of sp³-hybridized carbons (Fsp3) is 0.269. The monoisotopic (exact) mass is 421 g/mol. The van der Waals surface area contributed by atoms with Crippen molar-refractivity contribution < 1.29 is 0 Å². The Morgan fingerprint density at radius 1 is 0.931 bits per heavy atom. The minimum absolute atomic E-state index is 0.936. The number of thioether (sulfide) groups is 2. The Bertz CT molecular complexity index is 855. The first-order chi connectivity index (χ1) is 14.0. The molecule has 0 saturated carbocycles. The van der Waals surface area contributed by atoms with Crippen molar-refractivity contribution in [3.05, 3.63) is 94.9 Å². The summed E-state index contributed by atoms with van der Waals surface area (Å²) >= 11 is 3.50. The van der Waals surface area contributed by atoms with Crippen LogP contribution in [-0.4, -0.2) is 10.8 Å². The quantitative estimate of drug-likeness (QED) is 0.174. The average molecular weight is 422 g/mol. The summed E-state index contributed by atoms with van der Waals surface area (Å²) in [5.74, 6) is 0.936. The number of hydrogen-bond donors (Lipinski definition) is 0. The van der Waals surface area contributed by atoms with Gasteiger partial charge in [-0.15, -0.1) is 11.8 Å². The molecule has 0 fully saturated rings. The molecule has 0 aromatic heterocycles. The highest BCUT2D eigenvalue weighted by Crippen LogP contribution is 2.22. The third kappa shape index (κ3) is 10.4. The highest BCUT2D eigenvalue weighted by molar-refractivity contribution is 8.14. The zero-order chi connectivity index (χ0) is 20.9. The number of hydrogen-bond acceptors (Lipinski definition) is 3. The molecule has 0 saturated heterocycles. The van der Waals surface area contributed by atoms with Gasteiger partial charge in [-0.05, 0) is 76.3 Å². The second-order valence-corrected chi connectivity index (χ2v) is 9.22. The predicted molar refractivity (Wildman–Crippen MR) is 135 cm³/mol. The first kappa shape index (κ1) is 23.3. The van der Waals surface area contributed by atoms with Crippen LogP contribution in [0.15, 0.2) is 99.3 Å². The lowest BCUT2D eigenvalue weighted by molar-refractivity contribution is 0.964. The third-order valence-corrected chi connectivity index (χ3v) is 5.86. The second-order valence-electron chi connectivity index (χ2n) is 7.20. The second kappa shape index (κ2) is 13.3. The number of aliphatic imine (C=N–C) groups is 1. The summed E-state index contributed by atoms with van der Waals surface area (Å²) in [6.07, 6.45) is 8.99. The molecule has 0 aliphatic carbocycles. The van der Waals surface area contributed by atoms with Crippen LogP contribution < -0.4 is 0 Å². The van der Waals surface area contributed by atoms with Crippen LogP contribution in [0.25, 0.3) is 0 Å². The van der Waals surface area contributed by atoms with Crippen LogP contribution in [0.2, 0.25) is 0 Å². The summed E-state index contributed by atoms with van der Waals surface area (Å²) in [5.41, 5.74) is 5.08. The third-order valence-electron chi connectivity index (χ3n) is 4.19. The fourth-order valence-corrected chi connectivity index (χ4v) is 4.12. The molecule has 0 N–H and O–H groups in total. The highest BCUT2D eigenvalue weighted by atomic mass is 32.2. The minimum Gasteiger partial charge on any atom is -0.242 e. The Morgan fingerprint density at radius 2 is 1.66 bits per heavy atom. The van der Waals surface area contributed by atoms with Gasteiger partial charge in [0.2, 0.25) is 0 Å². The van der Waals surface area contributed by atoms with Gasteiger partial charge in [0, 0.05) is 10.6 Å². The molecule has 0 unspecified atom stereocenters. The van der Waals surface area contributed by atoms with Gasteiger partial charge in [-0.25, -0.2) is 4.99 Å². The van der Waals surface area contributed by atoms with Gasteiger partial charge in [-0.2, -0.15) is 0 Å². The molecule has 29 heavy (non-hydrogen) atoms. The van der Waals surface area contributed by atoms with Crippen molar-refractivity contribution in [1.82, 2.24) is 0 Å². The van der Waals surface area contributed by atoms with Crippen LogP contribution in [-0.2, 0) is 0 Å². The van der Waals surface area contributed by atoms with E-state index in [1.807, 2.05) is 6.07 Å². The predicted octanol–water partition coefficient (Wildman–Crippen LogP) is 8.76. The molecule has 2 aromatic carbocycles. The molecule has 0 spiro atoms. The lowest BCUT2D eigenvalue weighted by Crippen LogP contribution is -1.89. The van der Waals surface area contributed by atoms with E-state index in [1.54, 1.807) is 23.5 Å². The van der Waals surface area contributed by atoms with Gasteiger partial charge in [-0.3, -0.25) is 0 Å². The fourth-order valence-electron chi connectivity index (χ4n) is 2.49. The number of aryl methyl sites for hydroxylation is 1. The first-order valence-electron chi connectivity index (χ1n) is 9.98. The number of nitrogens with zero attached hydrogens (tertiary/aromatic N) is 1. The zero-order valence-electron chi connectivity index (χ0n) is 17.9. The Labute approximate surface area is 185 Å². The van der Waals surface area contributed by atoms with Gasteiger partial charge in [0.05, 0.1) is 10.7 Å². The minimum atomic E-state index is 0.936. The van der Waals surface area contributed by atoms with Crippen LogP contribution in [0.3, 0.4) is 0 Å². The summed E-state index contributed by atoms with van der Waals surface area (Å²) in [7, 11) is 0. The summed E-state index contributed by atoms with van der Waals surface area (Å²) in [6, 6.07) is 18.8. The van der Waals surface area contributed by atoms with E-state index >= 15 is 0 Å². The number of allylic oxidation sites excluding steroid dienone is 3. The maximum atomic E-state index is 4.85. The highest BCUT2D eigenvalue weighted by Gasteiger charge is 1.98. The maximum absolute atomic E-state index is 4.85. The Hall–Kier alpha value is -1.97. The molecule has 0 aliphatic rings. The molecule has 0 heterocycles. The molecule has 0 bridgehead atoms. The molecule has 152 valence electrons. The average Bonchev–Trinajstić information content (AvgIpc) is 2.70. The van der Waals surface area contributed by atoms with E-state index in [1.165, 1.54) is 21.6 Å². The van der Waals surface area contributed by atoms with Gasteiger partial charge < -0.3 is 0 Å². The van der Waals surface area contributed by atoms with E-state index < -0.39 is 0 Å². The smallest absolute Gasteiger partial charge is 0.0975 e. The lowest BCUT2D eigenvalue weighted by Gasteiger charge is -2.03. The molecule has 2 rings (SSSR count). The van der Waals surface area contributed by atoms with Gasteiger partial charge >= 0.3 is 0 Å². The van der Waals surface area contributed by atoms with Gasteiger partial charge in [0.25, 0.3) is 0 Å². The molecule has 0 amide bonds. The largest absolute Gasteiger partial charge is 0.242 e. The maximum Gasteiger partial charge on any atom is 0.0975 e. The molecule has 3 heteroatoms. The van der Waals surface area contributed by atoms with Crippen molar-refractivity contribution in [3.63, 3.8) is 0 Å². The van der Waals surface area contributed by atoms with Crippen LogP contribution in [0.1, 0.15) is 39.2 Å². The normalized spacial score (nSPS) is 12.4.